The van der Waals surface area contributed by atoms with Crippen LogP contribution in [0.2, 0.25) is 5.02 Å². The van der Waals surface area contributed by atoms with Gasteiger partial charge in [-0.05, 0) is 59.8 Å². The van der Waals surface area contributed by atoms with Gasteiger partial charge in [-0.1, -0.05) is 17.7 Å². The molecule has 136 valence electrons. The highest BCUT2D eigenvalue weighted by Gasteiger charge is 2.15. The molecule has 3 aromatic rings. The third-order valence-electron chi connectivity index (χ3n) is 3.59. The van der Waals surface area contributed by atoms with E-state index in [0.29, 0.717) is 27.6 Å². The van der Waals surface area contributed by atoms with Gasteiger partial charge in [0, 0.05) is 15.5 Å². The van der Waals surface area contributed by atoms with Gasteiger partial charge in [-0.3, -0.25) is 0 Å². The number of carbonyl (C=O) groups is 1. The first-order valence-corrected chi connectivity index (χ1v) is 8.88. The lowest BCUT2D eigenvalue weighted by molar-refractivity contribution is -0.298. The van der Waals surface area contributed by atoms with Crippen LogP contribution in [0.3, 0.4) is 0 Å². The van der Waals surface area contributed by atoms with Crippen LogP contribution < -0.4 is 14.6 Å². The molecule has 0 bridgehead atoms. The zero-order chi connectivity index (χ0) is 18.8. The molecule has 0 fully saturated rings. The first-order chi connectivity index (χ1) is 13.1. The van der Waals surface area contributed by atoms with E-state index >= 15 is 0 Å². The number of fused-ring (bicyclic) bond motifs is 1. The molecular weight excluding hydrogens is 392 g/mol. The highest BCUT2D eigenvalue weighted by molar-refractivity contribution is 8.03. The van der Waals surface area contributed by atoms with Gasteiger partial charge in [0.05, 0.1) is 5.97 Å². The number of carbonyl (C=O) groups excluding carboxylic acids is 1. The normalized spacial score (nSPS) is 13.0. The summed E-state index contributed by atoms with van der Waals surface area (Å²) < 4.78 is 16.0. The van der Waals surface area contributed by atoms with E-state index < -0.39 is 5.97 Å². The van der Waals surface area contributed by atoms with Crippen molar-refractivity contribution < 1.29 is 23.8 Å². The second-order valence-corrected chi connectivity index (χ2v) is 6.82. The number of hydrogen-bond acceptors (Lipinski definition) is 8. The monoisotopic (exact) mass is 401 g/mol. The van der Waals surface area contributed by atoms with Crippen LogP contribution >= 0.6 is 23.4 Å². The standard InChI is InChI=1S/C18H11ClN2O5S/c19-12-4-2-11(3-5-12)16-20-21-18(26-16)27-15(17(22)23)8-10-1-6-13-14(7-10)25-9-24-13/h1-8H,9H2,(H,22,23)/p-1/b15-8-. The number of thioether (sulfide) groups is 1. The summed E-state index contributed by atoms with van der Waals surface area (Å²) in [6, 6.07) is 11.9. The van der Waals surface area contributed by atoms with E-state index in [1.807, 2.05) is 0 Å². The van der Waals surface area contributed by atoms with Crippen molar-refractivity contribution in [1.82, 2.24) is 10.2 Å². The predicted octanol–water partition coefficient (Wildman–Crippen LogP) is 3.00. The number of carboxylic acids is 1. The maximum Gasteiger partial charge on any atom is 0.281 e. The van der Waals surface area contributed by atoms with Crippen molar-refractivity contribution in [3.8, 4) is 23.0 Å². The molecule has 0 radical (unpaired) electrons. The molecule has 0 N–H and O–H groups in total. The Kier molecular flexibility index (Phi) is 4.74. The summed E-state index contributed by atoms with van der Waals surface area (Å²) in [6.45, 7) is 0.139. The molecule has 0 unspecified atom stereocenters. The summed E-state index contributed by atoms with van der Waals surface area (Å²) in [5.41, 5.74) is 1.29. The molecule has 2 heterocycles. The van der Waals surface area contributed by atoms with Gasteiger partial charge < -0.3 is 23.8 Å². The lowest BCUT2D eigenvalue weighted by atomic mass is 10.2. The maximum absolute atomic E-state index is 11.5. The Bertz CT molecular complexity index is 1030. The third-order valence-corrected chi connectivity index (χ3v) is 4.69. The molecule has 0 saturated heterocycles. The number of benzene rings is 2. The van der Waals surface area contributed by atoms with Crippen molar-refractivity contribution in [2.24, 2.45) is 0 Å². The quantitative estimate of drug-likeness (QED) is 0.475. The summed E-state index contributed by atoms with van der Waals surface area (Å²) in [5, 5.41) is 20.0. The molecule has 0 atom stereocenters. The van der Waals surface area contributed by atoms with Gasteiger partial charge in [0.1, 0.15) is 0 Å². The van der Waals surface area contributed by atoms with Crippen molar-refractivity contribution >= 4 is 35.4 Å². The molecule has 1 aliphatic heterocycles. The maximum atomic E-state index is 11.5. The molecule has 2 aromatic carbocycles. The molecule has 9 heteroatoms. The van der Waals surface area contributed by atoms with Crippen molar-refractivity contribution in [2.75, 3.05) is 6.79 Å². The number of aliphatic carboxylic acids is 1. The number of halogens is 1. The molecule has 0 aliphatic carbocycles. The summed E-state index contributed by atoms with van der Waals surface area (Å²) in [5.74, 6) is 0.0624. The Labute approximate surface area is 162 Å². The number of aromatic nitrogens is 2. The fraction of sp³-hybridized carbons (Fsp3) is 0.0556. The highest BCUT2D eigenvalue weighted by atomic mass is 35.5. The van der Waals surface area contributed by atoms with E-state index in [1.54, 1.807) is 42.5 Å². The zero-order valence-electron chi connectivity index (χ0n) is 13.5. The van der Waals surface area contributed by atoms with E-state index in [1.165, 1.54) is 6.08 Å². The number of hydrogen-bond donors (Lipinski definition) is 0. The van der Waals surface area contributed by atoms with Crippen LogP contribution in [0.15, 0.2) is 57.0 Å². The van der Waals surface area contributed by atoms with Crippen molar-refractivity contribution in [3.05, 3.63) is 58.0 Å². The lowest BCUT2D eigenvalue weighted by Crippen LogP contribution is -2.23. The first-order valence-electron chi connectivity index (χ1n) is 7.68. The Morgan fingerprint density at radius 1 is 1.11 bits per heavy atom. The van der Waals surface area contributed by atoms with Gasteiger partial charge in [0.2, 0.25) is 12.7 Å². The van der Waals surface area contributed by atoms with Gasteiger partial charge in [-0.15, -0.1) is 10.2 Å². The second kappa shape index (κ2) is 7.34. The van der Waals surface area contributed by atoms with Gasteiger partial charge in [-0.2, -0.15) is 0 Å². The molecule has 0 saturated carbocycles. The minimum atomic E-state index is -1.36. The van der Waals surface area contributed by atoms with E-state index in [4.69, 9.17) is 25.5 Å². The van der Waals surface area contributed by atoms with E-state index in [0.717, 1.165) is 11.8 Å². The van der Waals surface area contributed by atoms with Crippen LogP contribution in [-0.4, -0.2) is 23.0 Å². The SMILES string of the molecule is O=C([O-])/C(=C/c1ccc2c(c1)OCO2)Sc1nnc(-c2ccc(Cl)cc2)o1. The largest absolute Gasteiger partial charge is 0.544 e. The fourth-order valence-corrected chi connectivity index (χ4v) is 3.13. The molecule has 7 nitrogen and oxygen atoms in total. The summed E-state index contributed by atoms with van der Waals surface area (Å²) in [6.07, 6.45) is 1.44. The van der Waals surface area contributed by atoms with Crippen LogP contribution in [-0.2, 0) is 4.79 Å². The molecule has 1 aliphatic rings. The number of nitrogens with zero attached hydrogens (tertiary/aromatic N) is 2. The van der Waals surface area contributed by atoms with Crippen LogP contribution in [0.25, 0.3) is 17.5 Å². The molecule has 0 amide bonds. The first kappa shape index (κ1) is 17.4. The van der Waals surface area contributed by atoms with Crippen LogP contribution in [0.5, 0.6) is 11.5 Å². The van der Waals surface area contributed by atoms with Crippen molar-refractivity contribution in [3.63, 3.8) is 0 Å². The molecule has 1 aromatic heterocycles. The number of ether oxygens (including phenoxy) is 2. The summed E-state index contributed by atoms with van der Waals surface area (Å²) in [4.78, 5) is 11.4. The van der Waals surface area contributed by atoms with E-state index in [2.05, 4.69) is 10.2 Å². The predicted molar refractivity (Wildman–Crippen MR) is 96.2 cm³/mol. The van der Waals surface area contributed by atoms with Gasteiger partial charge in [0.25, 0.3) is 5.22 Å². The molecule has 4 rings (SSSR count). The Morgan fingerprint density at radius 3 is 2.67 bits per heavy atom. The van der Waals surface area contributed by atoms with Crippen LogP contribution in [0.1, 0.15) is 5.56 Å². The highest BCUT2D eigenvalue weighted by Crippen LogP contribution is 2.35. The topological polar surface area (TPSA) is 97.5 Å². The Morgan fingerprint density at radius 2 is 1.89 bits per heavy atom. The average Bonchev–Trinajstić information content (AvgIpc) is 3.30. The molecular formula is C18H10ClN2O5S-. The minimum Gasteiger partial charge on any atom is -0.544 e. The molecule has 0 spiro atoms. The second-order valence-electron chi connectivity index (χ2n) is 5.39. The minimum absolute atomic E-state index is 0.0798. The third kappa shape index (κ3) is 3.91. The zero-order valence-corrected chi connectivity index (χ0v) is 15.1. The van der Waals surface area contributed by atoms with E-state index in [9.17, 15) is 9.90 Å². The summed E-state index contributed by atoms with van der Waals surface area (Å²) in [7, 11) is 0. The number of carboxylic acid groups (broad SMARTS) is 1. The van der Waals surface area contributed by atoms with Crippen molar-refractivity contribution in [1.29, 1.82) is 0 Å². The van der Waals surface area contributed by atoms with Gasteiger partial charge in [-0.25, -0.2) is 0 Å². The number of rotatable bonds is 5. The Balaban J connectivity index is 1.57. The van der Waals surface area contributed by atoms with Crippen LogP contribution in [0.4, 0.5) is 0 Å². The van der Waals surface area contributed by atoms with Gasteiger partial charge >= 0.3 is 0 Å². The lowest BCUT2D eigenvalue weighted by Gasteiger charge is -2.06. The Hall–Kier alpha value is -2.97. The molecule has 27 heavy (non-hydrogen) atoms. The fourth-order valence-electron chi connectivity index (χ4n) is 2.34. The summed E-state index contributed by atoms with van der Waals surface area (Å²) >= 11 is 6.66. The van der Waals surface area contributed by atoms with Crippen molar-refractivity contribution in [2.45, 2.75) is 5.22 Å². The average molecular weight is 402 g/mol. The van der Waals surface area contributed by atoms with Crippen LogP contribution in [0, 0.1) is 0 Å². The van der Waals surface area contributed by atoms with Gasteiger partial charge in [0.15, 0.2) is 11.5 Å². The smallest absolute Gasteiger partial charge is 0.281 e. The van der Waals surface area contributed by atoms with E-state index in [-0.39, 0.29) is 22.8 Å².